The van der Waals surface area contributed by atoms with Crippen LogP contribution in [0.1, 0.15) is 28.8 Å². The van der Waals surface area contributed by atoms with Crippen molar-refractivity contribution in [2.24, 2.45) is 0 Å². The average Bonchev–Trinajstić information content (AvgIpc) is 3.15. The summed E-state index contributed by atoms with van der Waals surface area (Å²) in [4.78, 5) is 14.6. The van der Waals surface area contributed by atoms with Crippen molar-refractivity contribution in [2.45, 2.75) is 25.4 Å². The van der Waals surface area contributed by atoms with E-state index in [1.54, 1.807) is 29.5 Å². The van der Waals surface area contributed by atoms with Gasteiger partial charge in [0.05, 0.1) is 10.7 Å². The fourth-order valence-electron chi connectivity index (χ4n) is 2.17. The second-order valence-electron chi connectivity index (χ2n) is 5.03. The zero-order chi connectivity index (χ0) is 14.1. The van der Waals surface area contributed by atoms with Crippen LogP contribution in [0.4, 0.5) is 5.69 Å². The van der Waals surface area contributed by atoms with Crippen LogP contribution in [-0.2, 0) is 6.54 Å². The molecule has 5 heteroatoms. The highest BCUT2D eigenvalue weighted by Crippen LogP contribution is 2.31. The largest absolute Gasteiger partial charge is 0.398 e. The Hall–Kier alpha value is -1.52. The number of rotatable bonds is 4. The highest BCUT2D eigenvalue weighted by molar-refractivity contribution is 7.07. The van der Waals surface area contributed by atoms with E-state index < -0.39 is 0 Å². The van der Waals surface area contributed by atoms with E-state index in [9.17, 15) is 4.79 Å². The highest BCUT2D eigenvalue weighted by Gasteiger charge is 2.33. The van der Waals surface area contributed by atoms with Gasteiger partial charge in [0, 0.05) is 18.2 Å². The minimum atomic E-state index is 0.0297. The molecule has 20 heavy (non-hydrogen) atoms. The number of nitrogen functional groups attached to an aromatic ring is 1. The number of halogens is 1. The molecule has 3 rings (SSSR count). The number of carbonyl (C=O) groups is 1. The summed E-state index contributed by atoms with van der Waals surface area (Å²) in [5.74, 6) is 0.0297. The summed E-state index contributed by atoms with van der Waals surface area (Å²) in [6.45, 7) is 0.662. The molecule has 3 nitrogen and oxygen atoms in total. The molecule has 0 unspecified atom stereocenters. The molecular weight excluding hydrogens is 292 g/mol. The Kier molecular flexibility index (Phi) is 3.68. The second-order valence-corrected chi connectivity index (χ2v) is 6.22. The molecule has 0 bridgehead atoms. The van der Waals surface area contributed by atoms with E-state index in [4.69, 9.17) is 17.3 Å². The summed E-state index contributed by atoms with van der Waals surface area (Å²) in [6.07, 6.45) is 2.16. The first-order valence-electron chi connectivity index (χ1n) is 6.52. The molecule has 1 aromatic carbocycles. The minimum Gasteiger partial charge on any atom is -0.398 e. The van der Waals surface area contributed by atoms with E-state index in [0.29, 0.717) is 28.9 Å². The maximum absolute atomic E-state index is 12.6. The third kappa shape index (κ3) is 2.81. The summed E-state index contributed by atoms with van der Waals surface area (Å²) in [7, 11) is 0. The topological polar surface area (TPSA) is 46.3 Å². The Labute approximate surface area is 127 Å². The maximum Gasteiger partial charge on any atom is 0.254 e. The van der Waals surface area contributed by atoms with Crippen molar-refractivity contribution in [3.63, 3.8) is 0 Å². The van der Waals surface area contributed by atoms with Gasteiger partial charge in [0.25, 0.3) is 5.91 Å². The predicted molar refractivity (Wildman–Crippen MR) is 83.1 cm³/mol. The van der Waals surface area contributed by atoms with Crippen LogP contribution in [-0.4, -0.2) is 16.8 Å². The lowest BCUT2D eigenvalue weighted by Crippen LogP contribution is -2.32. The van der Waals surface area contributed by atoms with Crippen LogP contribution < -0.4 is 5.73 Å². The molecule has 2 N–H and O–H groups in total. The van der Waals surface area contributed by atoms with Crippen molar-refractivity contribution in [2.75, 3.05) is 5.73 Å². The molecule has 1 aromatic heterocycles. The van der Waals surface area contributed by atoms with Gasteiger partial charge in [-0.05, 0) is 53.4 Å². The molecule has 1 saturated carbocycles. The third-order valence-electron chi connectivity index (χ3n) is 3.42. The third-order valence-corrected chi connectivity index (χ3v) is 4.50. The monoisotopic (exact) mass is 306 g/mol. The van der Waals surface area contributed by atoms with Gasteiger partial charge in [0.2, 0.25) is 0 Å². The van der Waals surface area contributed by atoms with Gasteiger partial charge in [0.15, 0.2) is 0 Å². The molecule has 1 amide bonds. The summed E-state index contributed by atoms with van der Waals surface area (Å²) < 4.78 is 0. The van der Waals surface area contributed by atoms with Gasteiger partial charge in [0.1, 0.15) is 0 Å². The van der Waals surface area contributed by atoms with E-state index in [1.807, 2.05) is 10.3 Å². The molecule has 1 heterocycles. The lowest BCUT2D eigenvalue weighted by molar-refractivity contribution is 0.0730. The van der Waals surface area contributed by atoms with Crippen molar-refractivity contribution < 1.29 is 4.79 Å². The Morgan fingerprint density at radius 3 is 2.80 bits per heavy atom. The first kappa shape index (κ1) is 13.5. The summed E-state index contributed by atoms with van der Waals surface area (Å²) in [5, 5.41) is 4.60. The van der Waals surface area contributed by atoms with Crippen molar-refractivity contribution in [3.05, 3.63) is 51.2 Å². The van der Waals surface area contributed by atoms with E-state index in [-0.39, 0.29) is 5.91 Å². The maximum atomic E-state index is 12.6. The van der Waals surface area contributed by atoms with Gasteiger partial charge in [-0.2, -0.15) is 11.3 Å². The zero-order valence-electron chi connectivity index (χ0n) is 10.9. The standard InChI is InChI=1S/C15H15ClN2OS/c16-13-4-1-11(7-14(13)17)15(19)18(12-2-3-12)8-10-5-6-20-9-10/h1,4-7,9,12H,2-3,8,17H2. The van der Waals surface area contributed by atoms with Crippen LogP contribution in [0.25, 0.3) is 0 Å². The Balaban J connectivity index is 1.83. The predicted octanol–water partition coefficient (Wildman–Crippen LogP) is 3.79. The summed E-state index contributed by atoms with van der Waals surface area (Å²) in [5.41, 5.74) is 8.02. The van der Waals surface area contributed by atoms with Crippen LogP contribution in [0.3, 0.4) is 0 Å². The first-order chi connectivity index (χ1) is 9.65. The molecule has 104 valence electrons. The number of carbonyl (C=O) groups excluding carboxylic acids is 1. The number of nitrogens with zero attached hydrogens (tertiary/aromatic N) is 1. The Bertz CT molecular complexity index is 623. The SMILES string of the molecule is Nc1cc(C(=O)N(Cc2ccsc2)C2CC2)ccc1Cl. The van der Waals surface area contributed by atoms with Gasteiger partial charge in [-0.15, -0.1) is 0 Å². The summed E-state index contributed by atoms with van der Waals surface area (Å²) >= 11 is 7.56. The smallest absolute Gasteiger partial charge is 0.254 e. The van der Waals surface area contributed by atoms with Gasteiger partial charge < -0.3 is 10.6 Å². The number of benzene rings is 1. The molecule has 0 saturated heterocycles. The fraction of sp³-hybridized carbons (Fsp3) is 0.267. The van der Waals surface area contributed by atoms with Gasteiger partial charge in [-0.1, -0.05) is 11.6 Å². The number of anilines is 1. The lowest BCUT2D eigenvalue weighted by Gasteiger charge is -2.22. The molecule has 0 atom stereocenters. The van der Waals surface area contributed by atoms with Crippen LogP contribution >= 0.6 is 22.9 Å². The van der Waals surface area contributed by atoms with Crippen molar-refractivity contribution in [3.8, 4) is 0 Å². The number of hydrogen-bond acceptors (Lipinski definition) is 3. The van der Waals surface area contributed by atoms with E-state index in [1.165, 1.54) is 5.56 Å². The quantitative estimate of drug-likeness (QED) is 0.874. The van der Waals surface area contributed by atoms with Crippen molar-refractivity contribution in [1.82, 2.24) is 4.90 Å². The average molecular weight is 307 g/mol. The van der Waals surface area contributed by atoms with Gasteiger partial charge in [-0.25, -0.2) is 0 Å². The van der Waals surface area contributed by atoms with Crippen LogP contribution in [0.5, 0.6) is 0 Å². The number of nitrogens with two attached hydrogens (primary N) is 1. The molecular formula is C15H15ClN2OS. The summed E-state index contributed by atoms with van der Waals surface area (Å²) in [6, 6.07) is 7.50. The molecule has 0 spiro atoms. The minimum absolute atomic E-state index is 0.0297. The molecule has 1 fully saturated rings. The van der Waals surface area contributed by atoms with E-state index in [2.05, 4.69) is 11.4 Å². The van der Waals surface area contributed by atoms with Gasteiger partial charge >= 0.3 is 0 Å². The molecule has 1 aliphatic carbocycles. The Morgan fingerprint density at radius 1 is 1.40 bits per heavy atom. The van der Waals surface area contributed by atoms with E-state index in [0.717, 1.165) is 12.8 Å². The van der Waals surface area contributed by atoms with Crippen molar-refractivity contribution in [1.29, 1.82) is 0 Å². The number of hydrogen-bond donors (Lipinski definition) is 1. The lowest BCUT2D eigenvalue weighted by atomic mass is 10.1. The van der Waals surface area contributed by atoms with Crippen LogP contribution in [0, 0.1) is 0 Å². The number of thiophene rings is 1. The highest BCUT2D eigenvalue weighted by atomic mass is 35.5. The molecule has 1 aliphatic rings. The first-order valence-corrected chi connectivity index (χ1v) is 7.84. The molecule has 0 aliphatic heterocycles. The normalized spacial score (nSPS) is 14.2. The second kappa shape index (κ2) is 5.46. The van der Waals surface area contributed by atoms with Crippen LogP contribution in [0.2, 0.25) is 5.02 Å². The van der Waals surface area contributed by atoms with Crippen molar-refractivity contribution >= 4 is 34.5 Å². The fourth-order valence-corrected chi connectivity index (χ4v) is 2.95. The molecule has 2 aromatic rings. The zero-order valence-corrected chi connectivity index (χ0v) is 12.5. The number of amides is 1. The Morgan fingerprint density at radius 2 is 2.20 bits per heavy atom. The molecule has 0 radical (unpaired) electrons. The van der Waals surface area contributed by atoms with Crippen LogP contribution in [0.15, 0.2) is 35.0 Å². The van der Waals surface area contributed by atoms with E-state index >= 15 is 0 Å². The van der Waals surface area contributed by atoms with Gasteiger partial charge in [-0.3, -0.25) is 4.79 Å².